The van der Waals surface area contributed by atoms with Crippen molar-refractivity contribution < 1.29 is 0 Å². The van der Waals surface area contributed by atoms with Gasteiger partial charge in [0.25, 0.3) is 0 Å². The summed E-state index contributed by atoms with van der Waals surface area (Å²) in [6.45, 7) is 33.3. The van der Waals surface area contributed by atoms with Gasteiger partial charge >= 0.3 is 0 Å². The quantitative estimate of drug-likeness (QED) is 0.376. The molecule has 0 bridgehead atoms. The van der Waals surface area contributed by atoms with Gasteiger partial charge in [-0.1, -0.05) is 121 Å². The highest BCUT2D eigenvalue weighted by atomic mass is 14.4. The average molecular weight is 449 g/mol. The number of benzene rings is 2. The van der Waals surface area contributed by atoms with E-state index < -0.39 is 0 Å². The van der Waals surface area contributed by atoms with Crippen molar-refractivity contribution in [1.82, 2.24) is 0 Å². The van der Waals surface area contributed by atoms with Crippen LogP contribution >= 0.6 is 0 Å². The van der Waals surface area contributed by atoms with Gasteiger partial charge in [0.15, 0.2) is 0 Å². The monoisotopic (exact) mass is 448 g/mol. The summed E-state index contributed by atoms with van der Waals surface area (Å²) in [5.41, 5.74) is 12.1. The molecule has 0 aliphatic heterocycles. The van der Waals surface area contributed by atoms with Crippen LogP contribution in [0.2, 0.25) is 0 Å². The van der Waals surface area contributed by atoms with Gasteiger partial charge in [-0.05, 0) is 80.0 Å². The summed E-state index contributed by atoms with van der Waals surface area (Å²) in [4.78, 5) is 0. The first-order valence-corrected chi connectivity index (χ1v) is 13.5. The van der Waals surface area contributed by atoms with E-state index in [1.807, 2.05) is 0 Å². The highest BCUT2D eigenvalue weighted by Gasteiger charge is 2.33. The van der Waals surface area contributed by atoms with E-state index in [1.165, 1.54) is 33.4 Å². The summed E-state index contributed by atoms with van der Waals surface area (Å²) in [7, 11) is 0. The highest BCUT2D eigenvalue weighted by molar-refractivity contribution is 5.55. The second-order valence-electron chi connectivity index (χ2n) is 12.7. The van der Waals surface area contributed by atoms with Crippen LogP contribution in [-0.4, -0.2) is 0 Å². The molecule has 0 unspecified atom stereocenters. The lowest BCUT2D eigenvalue weighted by Gasteiger charge is -2.37. The molecule has 0 fully saturated rings. The number of rotatable bonds is 8. The Balaban J connectivity index is 3.05. The first-order chi connectivity index (χ1) is 15.1. The van der Waals surface area contributed by atoms with Crippen LogP contribution in [0.3, 0.4) is 0 Å². The standard InChI is InChI=1S/C33H52/c1-19(2)25-15-27(21(5)6)31(23(9)10)29(17-25)33(13,14)30-18-26(20(3)4)16-28(22(7)8)32(30)24(11)12/h15-24H,1-14H3. The van der Waals surface area contributed by atoms with Crippen molar-refractivity contribution >= 4 is 0 Å². The van der Waals surface area contributed by atoms with E-state index in [0.29, 0.717) is 35.5 Å². The molecule has 0 atom stereocenters. The van der Waals surface area contributed by atoms with Crippen LogP contribution < -0.4 is 0 Å². The van der Waals surface area contributed by atoms with Crippen LogP contribution in [0, 0.1) is 0 Å². The maximum Gasteiger partial charge on any atom is 0.0152 e. The molecule has 0 heteroatoms. The van der Waals surface area contributed by atoms with Gasteiger partial charge in [0, 0.05) is 5.41 Å². The third-order valence-electron chi connectivity index (χ3n) is 7.55. The van der Waals surface area contributed by atoms with Crippen molar-refractivity contribution in [3.8, 4) is 0 Å². The minimum atomic E-state index is -0.0672. The fraction of sp³-hybridized carbons (Fsp3) is 0.636. The molecule has 2 aromatic rings. The lowest BCUT2D eigenvalue weighted by Crippen LogP contribution is -2.26. The molecular weight excluding hydrogens is 396 g/mol. The lowest BCUT2D eigenvalue weighted by molar-refractivity contribution is 0.595. The van der Waals surface area contributed by atoms with E-state index in [2.05, 4.69) is 121 Å². The van der Waals surface area contributed by atoms with Gasteiger partial charge in [0.1, 0.15) is 0 Å². The number of hydrogen-bond donors (Lipinski definition) is 0. The van der Waals surface area contributed by atoms with E-state index in [9.17, 15) is 0 Å². The fourth-order valence-corrected chi connectivity index (χ4v) is 5.49. The lowest BCUT2D eigenvalue weighted by atomic mass is 9.67. The smallest absolute Gasteiger partial charge is 0.0152 e. The van der Waals surface area contributed by atoms with Crippen LogP contribution in [0.5, 0.6) is 0 Å². The van der Waals surface area contributed by atoms with E-state index in [-0.39, 0.29) is 5.41 Å². The first-order valence-electron chi connectivity index (χ1n) is 13.5. The molecule has 0 heterocycles. The van der Waals surface area contributed by atoms with E-state index in [1.54, 1.807) is 11.1 Å². The van der Waals surface area contributed by atoms with Gasteiger partial charge in [-0.25, -0.2) is 0 Å². The average Bonchev–Trinajstić information content (AvgIpc) is 2.70. The first kappa shape index (κ1) is 27.7. The zero-order valence-electron chi connectivity index (χ0n) is 24.3. The Morgan fingerprint density at radius 1 is 0.424 bits per heavy atom. The van der Waals surface area contributed by atoms with Gasteiger partial charge < -0.3 is 0 Å². The Kier molecular flexibility index (Phi) is 8.70. The molecule has 0 saturated carbocycles. The van der Waals surface area contributed by atoms with Gasteiger partial charge in [-0.3, -0.25) is 0 Å². The maximum atomic E-state index is 2.55. The molecule has 0 spiro atoms. The summed E-state index contributed by atoms with van der Waals surface area (Å²) in [5, 5.41) is 0. The molecule has 0 saturated heterocycles. The Morgan fingerprint density at radius 2 is 0.727 bits per heavy atom. The topological polar surface area (TPSA) is 0 Å². The molecule has 2 aromatic carbocycles. The zero-order valence-corrected chi connectivity index (χ0v) is 24.3. The second-order valence-corrected chi connectivity index (χ2v) is 12.7. The molecule has 184 valence electrons. The molecular formula is C33H52. The van der Waals surface area contributed by atoms with Gasteiger partial charge in [-0.15, -0.1) is 0 Å². The summed E-state index contributed by atoms with van der Waals surface area (Å²) < 4.78 is 0. The van der Waals surface area contributed by atoms with E-state index in [0.717, 1.165) is 0 Å². The zero-order chi connectivity index (χ0) is 25.4. The molecule has 0 aromatic heterocycles. The molecule has 0 aliphatic carbocycles. The van der Waals surface area contributed by atoms with Crippen LogP contribution in [0.1, 0.15) is 177 Å². The predicted octanol–water partition coefficient (Wildman–Crippen LogP) is 10.8. The third-order valence-corrected chi connectivity index (χ3v) is 7.55. The summed E-state index contributed by atoms with van der Waals surface area (Å²) in [6, 6.07) is 10.1. The fourth-order valence-electron chi connectivity index (χ4n) is 5.49. The van der Waals surface area contributed by atoms with Crippen molar-refractivity contribution in [3.63, 3.8) is 0 Å². The SMILES string of the molecule is CC(C)c1cc(C(C)C)c(C(C)C)c(C(C)(C)c2cc(C(C)C)cc(C(C)C)c2C(C)C)c1. The van der Waals surface area contributed by atoms with Crippen molar-refractivity contribution in [2.75, 3.05) is 0 Å². The van der Waals surface area contributed by atoms with Crippen LogP contribution in [0.15, 0.2) is 24.3 Å². The molecule has 2 rings (SSSR count). The maximum absolute atomic E-state index is 2.55. The predicted molar refractivity (Wildman–Crippen MR) is 150 cm³/mol. The molecule has 0 radical (unpaired) electrons. The van der Waals surface area contributed by atoms with Crippen LogP contribution in [0.4, 0.5) is 0 Å². The van der Waals surface area contributed by atoms with E-state index in [4.69, 9.17) is 0 Å². The Labute approximate surface area is 206 Å². The van der Waals surface area contributed by atoms with Gasteiger partial charge in [0.05, 0.1) is 0 Å². The normalized spacial score (nSPS) is 13.0. The van der Waals surface area contributed by atoms with Crippen molar-refractivity contribution in [2.45, 2.75) is 138 Å². The van der Waals surface area contributed by atoms with Crippen LogP contribution in [-0.2, 0) is 5.41 Å². The van der Waals surface area contributed by atoms with Gasteiger partial charge in [-0.2, -0.15) is 0 Å². The Bertz CT molecular complexity index is 871. The summed E-state index contributed by atoms with van der Waals surface area (Å²) >= 11 is 0. The molecule has 0 nitrogen and oxygen atoms in total. The minimum Gasteiger partial charge on any atom is -0.0587 e. The Hall–Kier alpha value is -1.56. The molecule has 0 N–H and O–H groups in total. The van der Waals surface area contributed by atoms with Crippen molar-refractivity contribution in [3.05, 3.63) is 68.8 Å². The number of hydrogen-bond acceptors (Lipinski definition) is 0. The second kappa shape index (κ2) is 10.4. The molecule has 0 aliphatic rings. The van der Waals surface area contributed by atoms with Crippen molar-refractivity contribution in [2.24, 2.45) is 0 Å². The van der Waals surface area contributed by atoms with Crippen molar-refractivity contribution in [1.29, 1.82) is 0 Å². The van der Waals surface area contributed by atoms with Gasteiger partial charge in [0.2, 0.25) is 0 Å². The third kappa shape index (κ3) is 5.58. The Morgan fingerprint density at radius 3 is 0.939 bits per heavy atom. The molecule has 33 heavy (non-hydrogen) atoms. The largest absolute Gasteiger partial charge is 0.0587 e. The summed E-state index contributed by atoms with van der Waals surface area (Å²) in [6.07, 6.45) is 0. The minimum absolute atomic E-state index is 0.0672. The summed E-state index contributed by atoms with van der Waals surface area (Å²) in [5.74, 6) is 3.09. The van der Waals surface area contributed by atoms with Crippen LogP contribution in [0.25, 0.3) is 0 Å². The molecule has 0 amide bonds. The van der Waals surface area contributed by atoms with E-state index >= 15 is 0 Å². The highest BCUT2D eigenvalue weighted by Crippen LogP contribution is 2.46.